The number of nitrogens with one attached hydrogen (secondary N) is 2. The van der Waals surface area contributed by atoms with Crippen molar-refractivity contribution in [2.24, 2.45) is 5.92 Å². The molecular weight excluding hydrogens is 388 g/mol. The second-order valence-electron chi connectivity index (χ2n) is 8.91. The Bertz CT molecular complexity index is 875. The Morgan fingerprint density at radius 2 is 1.61 bits per heavy atom. The number of carbonyl (C=O) groups is 2. The SMILES string of the molecule is CC(C)CCC(=O)Nc1ccc(C(=O)Nc2ccc(N3CCC(N(C)C)C3)cc2)cc1. The highest BCUT2D eigenvalue weighted by Gasteiger charge is 2.24. The summed E-state index contributed by atoms with van der Waals surface area (Å²) in [6.07, 6.45) is 2.53. The summed E-state index contributed by atoms with van der Waals surface area (Å²) >= 11 is 0. The molecule has 0 aliphatic carbocycles. The Kier molecular flexibility index (Phi) is 7.69. The van der Waals surface area contributed by atoms with Gasteiger partial charge in [0.25, 0.3) is 5.91 Å². The van der Waals surface area contributed by atoms with Gasteiger partial charge in [0.05, 0.1) is 0 Å². The van der Waals surface area contributed by atoms with Gasteiger partial charge in [0, 0.05) is 48.2 Å². The predicted molar refractivity (Wildman–Crippen MR) is 128 cm³/mol. The fourth-order valence-corrected chi connectivity index (χ4v) is 3.70. The van der Waals surface area contributed by atoms with Crippen LogP contribution in [0.25, 0.3) is 0 Å². The standard InChI is InChI=1S/C25H34N4O2/c1-18(2)5-14-24(30)26-20-8-6-19(7-9-20)25(31)27-21-10-12-22(13-11-21)29-16-15-23(17-29)28(3)4/h6-13,18,23H,5,14-17H2,1-4H3,(H,26,30)(H,27,31). The van der Waals surface area contributed by atoms with Gasteiger partial charge in [-0.15, -0.1) is 0 Å². The summed E-state index contributed by atoms with van der Waals surface area (Å²) in [5, 5.41) is 5.82. The van der Waals surface area contributed by atoms with E-state index >= 15 is 0 Å². The fraction of sp³-hybridized carbons (Fsp3) is 0.440. The molecule has 2 aromatic carbocycles. The number of hydrogen-bond acceptors (Lipinski definition) is 4. The molecule has 1 heterocycles. The van der Waals surface area contributed by atoms with Crippen LogP contribution in [-0.2, 0) is 4.79 Å². The first-order chi connectivity index (χ1) is 14.8. The van der Waals surface area contributed by atoms with Gasteiger partial charge in [-0.1, -0.05) is 13.8 Å². The lowest BCUT2D eigenvalue weighted by atomic mass is 10.1. The van der Waals surface area contributed by atoms with Gasteiger partial charge in [-0.25, -0.2) is 0 Å². The second kappa shape index (κ2) is 10.4. The fourth-order valence-electron chi connectivity index (χ4n) is 3.70. The topological polar surface area (TPSA) is 64.7 Å². The summed E-state index contributed by atoms with van der Waals surface area (Å²) < 4.78 is 0. The van der Waals surface area contributed by atoms with Gasteiger partial charge >= 0.3 is 0 Å². The van der Waals surface area contributed by atoms with Crippen LogP contribution < -0.4 is 15.5 Å². The van der Waals surface area contributed by atoms with E-state index in [1.807, 2.05) is 12.1 Å². The number of nitrogens with zero attached hydrogens (tertiary/aromatic N) is 2. The molecule has 1 saturated heterocycles. The van der Waals surface area contributed by atoms with Crippen LogP contribution in [0, 0.1) is 5.92 Å². The van der Waals surface area contributed by atoms with E-state index in [9.17, 15) is 9.59 Å². The maximum absolute atomic E-state index is 12.6. The van der Waals surface area contributed by atoms with Crippen LogP contribution in [-0.4, -0.2) is 49.9 Å². The van der Waals surface area contributed by atoms with Crippen molar-refractivity contribution in [3.63, 3.8) is 0 Å². The summed E-state index contributed by atoms with van der Waals surface area (Å²) in [5.41, 5.74) is 3.21. The third kappa shape index (κ3) is 6.56. The van der Waals surface area contributed by atoms with Gasteiger partial charge in [-0.3, -0.25) is 9.59 Å². The van der Waals surface area contributed by atoms with Crippen LogP contribution in [0.15, 0.2) is 48.5 Å². The summed E-state index contributed by atoms with van der Waals surface area (Å²) in [7, 11) is 4.25. The van der Waals surface area contributed by atoms with Crippen LogP contribution in [0.3, 0.4) is 0 Å². The van der Waals surface area contributed by atoms with Crippen LogP contribution in [0.4, 0.5) is 17.1 Å². The zero-order valence-electron chi connectivity index (χ0n) is 19.0. The maximum Gasteiger partial charge on any atom is 0.255 e. The van der Waals surface area contributed by atoms with Crippen molar-refractivity contribution in [1.29, 1.82) is 0 Å². The number of anilines is 3. The molecule has 3 rings (SSSR count). The first-order valence-corrected chi connectivity index (χ1v) is 11.0. The van der Waals surface area contributed by atoms with Crippen LogP contribution in [0.5, 0.6) is 0 Å². The lowest BCUT2D eigenvalue weighted by Gasteiger charge is -2.22. The Morgan fingerprint density at radius 3 is 2.19 bits per heavy atom. The second-order valence-corrected chi connectivity index (χ2v) is 8.91. The molecule has 1 aliphatic heterocycles. The van der Waals surface area contributed by atoms with E-state index in [-0.39, 0.29) is 11.8 Å². The van der Waals surface area contributed by atoms with Crippen molar-refractivity contribution in [2.45, 2.75) is 39.2 Å². The molecule has 1 fully saturated rings. The molecule has 6 nitrogen and oxygen atoms in total. The average Bonchev–Trinajstić information content (AvgIpc) is 3.24. The molecule has 31 heavy (non-hydrogen) atoms. The van der Waals surface area contributed by atoms with Gasteiger partial charge < -0.3 is 20.4 Å². The average molecular weight is 423 g/mol. The van der Waals surface area contributed by atoms with Crippen molar-refractivity contribution < 1.29 is 9.59 Å². The summed E-state index contributed by atoms with van der Waals surface area (Å²) in [4.78, 5) is 29.2. The van der Waals surface area contributed by atoms with Crippen molar-refractivity contribution >= 4 is 28.9 Å². The molecule has 2 amide bonds. The predicted octanol–water partition coefficient (Wildman–Crippen LogP) is 4.45. The molecule has 0 radical (unpaired) electrons. The highest BCUT2D eigenvalue weighted by Crippen LogP contribution is 2.24. The first-order valence-electron chi connectivity index (χ1n) is 11.0. The van der Waals surface area contributed by atoms with E-state index < -0.39 is 0 Å². The van der Waals surface area contributed by atoms with E-state index in [1.165, 1.54) is 12.1 Å². The number of benzene rings is 2. The summed E-state index contributed by atoms with van der Waals surface area (Å²) in [5.74, 6) is 0.330. The Morgan fingerprint density at radius 1 is 1.00 bits per heavy atom. The molecule has 2 aromatic rings. The van der Waals surface area contributed by atoms with Gasteiger partial charge in [0.2, 0.25) is 5.91 Å². The van der Waals surface area contributed by atoms with Crippen molar-refractivity contribution in [3.8, 4) is 0 Å². The monoisotopic (exact) mass is 422 g/mol. The largest absolute Gasteiger partial charge is 0.370 e. The molecule has 0 aromatic heterocycles. The molecule has 0 spiro atoms. The zero-order valence-corrected chi connectivity index (χ0v) is 19.0. The van der Waals surface area contributed by atoms with Crippen molar-refractivity contribution in [1.82, 2.24) is 4.90 Å². The minimum absolute atomic E-state index is 0.000830. The molecule has 166 valence electrons. The normalized spacial score (nSPS) is 16.1. The Labute approximate surface area is 185 Å². The van der Waals surface area contributed by atoms with E-state index in [0.29, 0.717) is 29.6 Å². The number of amides is 2. The minimum atomic E-state index is -0.167. The smallest absolute Gasteiger partial charge is 0.255 e. The van der Waals surface area contributed by atoms with E-state index in [1.54, 1.807) is 24.3 Å². The number of likely N-dealkylation sites (N-methyl/N-ethyl adjacent to an activating group) is 1. The van der Waals surface area contributed by atoms with Crippen LogP contribution >= 0.6 is 0 Å². The van der Waals surface area contributed by atoms with E-state index in [0.717, 1.165) is 25.2 Å². The van der Waals surface area contributed by atoms with Gasteiger partial charge in [0.15, 0.2) is 0 Å². The highest BCUT2D eigenvalue weighted by molar-refractivity contribution is 6.04. The number of rotatable bonds is 8. The van der Waals surface area contributed by atoms with Crippen molar-refractivity contribution in [3.05, 3.63) is 54.1 Å². The molecule has 1 aliphatic rings. The Balaban J connectivity index is 1.52. The maximum atomic E-state index is 12.6. The number of carbonyl (C=O) groups excluding carboxylic acids is 2. The lowest BCUT2D eigenvalue weighted by molar-refractivity contribution is -0.116. The van der Waals surface area contributed by atoms with Gasteiger partial charge in [-0.05, 0) is 81.4 Å². The van der Waals surface area contributed by atoms with E-state index in [4.69, 9.17) is 0 Å². The van der Waals surface area contributed by atoms with Gasteiger partial charge in [-0.2, -0.15) is 0 Å². The lowest BCUT2D eigenvalue weighted by Crippen LogP contribution is -2.31. The number of hydrogen-bond donors (Lipinski definition) is 2. The quantitative estimate of drug-likeness (QED) is 0.660. The van der Waals surface area contributed by atoms with Crippen molar-refractivity contribution in [2.75, 3.05) is 42.7 Å². The molecular formula is C25H34N4O2. The van der Waals surface area contributed by atoms with Crippen LogP contribution in [0.1, 0.15) is 43.5 Å². The molecule has 0 bridgehead atoms. The summed E-state index contributed by atoms with van der Waals surface area (Å²) in [6, 6.07) is 15.6. The Hall–Kier alpha value is -2.86. The minimum Gasteiger partial charge on any atom is -0.370 e. The molecule has 6 heteroatoms. The van der Waals surface area contributed by atoms with Gasteiger partial charge in [0.1, 0.15) is 0 Å². The molecule has 0 saturated carbocycles. The third-order valence-corrected chi connectivity index (χ3v) is 5.76. The first kappa shape index (κ1) is 22.8. The summed E-state index contributed by atoms with van der Waals surface area (Å²) in [6.45, 7) is 6.27. The molecule has 1 atom stereocenters. The zero-order chi connectivity index (χ0) is 22.4. The third-order valence-electron chi connectivity index (χ3n) is 5.76. The van der Waals surface area contributed by atoms with E-state index in [2.05, 4.69) is 60.5 Å². The van der Waals surface area contributed by atoms with Crippen LogP contribution in [0.2, 0.25) is 0 Å². The molecule has 1 unspecified atom stereocenters. The molecule has 2 N–H and O–H groups in total. The highest BCUT2D eigenvalue weighted by atomic mass is 16.2.